The molecule has 1 aromatic carbocycles. The third kappa shape index (κ3) is 3.84. The van der Waals surface area contributed by atoms with E-state index >= 15 is 0 Å². The molecule has 0 spiro atoms. The molecule has 1 N–H and O–H groups in total. The molecular weight excluding hydrogens is 310 g/mol. The molecule has 0 aliphatic heterocycles. The number of rotatable bonds is 6. The monoisotopic (exact) mass is 327 g/mol. The van der Waals surface area contributed by atoms with Gasteiger partial charge in [0, 0.05) is 27.5 Å². The van der Waals surface area contributed by atoms with Crippen LogP contribution >= 0.6 is 27.5 Å². The molecule has 1 fully saturated rings. The maximum absolute atomic E-state index is 6.28. The van der Waals surface area contributed by atoms with Crippen LogP contribution in [0.1, 0.15) is 25.3 Å². The van der Waals surface area contributed by atoms with Crippen LogP contribution in [0.3, 0.4) is 0 Å². The van der Waals surface area contributed by atoms with E-state index in [9.17, 15) is 0 Å². The Bertz CT molecular complexity index is 442. The molecule has 0 bridgehead atoms. The van der Waals surface area contributed by atoms with Crippen molar-refractivity contribution in [2.75, 3.05) is 6.54 Å². The average molecular weight is 329 g/mol. The molecule has 98 valence electrons. The summed E-state index contributed by atoms with van der Waals surface area (Å²) in [5, 5.41) is 4.40. The number of halogens is 2. The van der Waals surface area contributed by atoms with E-state index in [0.29, 0.717) is 0 Å². The molecule has 1 nitrogen and oxygen atoms in total. The van der Waals surface area contributed by atoms with Gasteiger partial charge in [0.2, 0.25) is 0 Å². The maximum Gasteiger partial charge on any atom is 0.0449 e. The van der Waals surface area contributed by atoms with Gasteiger partial charge in [-0.3, -0.25) is 0 Å². The van der Waals surface area contributed by atoms with E-state index in [-0.39, 0.29) is 5.41 Å². The lowest BCUT2D eigenvalue weighted by molar-refractivity contribution is 0.389. The highest BCUT2D eigenvalue weighted by atomic mass is 79.9. The van der Waals surface area contributed by atoms with Crippen LogP contribution in [-0.2, 0) is 6.42 Å². The minimum absolute atomic E-state index is 0.0556. The molecule has 0 saturated heterocycles. The Morgan fingerprint density at radius 1 is 1.56 bits per heavy atom. The van der Waals surface area contributed by atoms with E-state index in [1.54, 1.807) is 0 Å². The van der Waals surface area contributed by atoms with Crippen LogP contribution in [0, 0.1) is 5.41 Å². The van der Waals surface area contributed by atoms with Gasteiger partial charge < -0.3 is 5.32 Å². The summed E-state index contributed by atoms with van der Waals surface area (Å²) in [6.45, 7) is 7.18. The van der Waals surface area contributed by atoms with Gasteiger partial charge in [-0.1, -0.05) is 46.6 Å². The summed E-state index contributed by atoms with van der Waals surface area (Å²) in [6, 6.07) is 6.81. The quantitative estimate of drug-likeness (QED) is 0.753. The zero-order valence-corrected chi connectivity index (χ0v) is 13.0. The zero-order chi connectivity index (χ0) is 13.2. The van der Waals surface area contributed by atoms with Gasteiger partial charge in [-0.25, -0.2) is 0 Å². The van der Waals surface area contributed by atoms with Crippen molar-refractivity contribution in [3.8, 4) is 0 Å². The molecule has 2 rings (SSSR count). The molecule has 1 aliphatic carbocycles. The second-order valence-corrected chi connectivity index (χ2v) is 6.75. The Morgan fingerprint density at radius 2 is 2.28 bits per heavy atom. The van der Waals surface area contributed by atoms with E-state index in [1.807, 2.05) is 18.2 Å². The standard InChI is InChI=1S/C15H19BrClN/c1-3-15(2,10-18-13-6-7-13)9-11-4-5-12(16)8-14(11)17/h3-5,8,13,18H,1,6-7,9-10H2,2H3. The molecule has 3 heteroatoms. The minimum Gasteiger partial charge on any atom is -0.313 e. The Kier molecular flexibility index (Phi) is 4.52. The molecule has 1 unspecified atom stereocenters. The van der Waals surface area contributed by atoms with Gasteiger partial charge >= 0.3 is 0 Å². The molecule has 1 saturated carbocycles. The smallest absolute Gasteiger partial charge is 0.0449 e. The Labute approximate surface area is 123 Å². The molecule has 0 amide bonds. The summed E-state index contributed by atoms with van der Waals surface area (Å²) in [6.07, 6.45) is 5.58. The van der Waals surface area contributed by atoms with Crippen LogP contribution < -0.4 is 5.32 Å². The predicted molar refractivity (Wildman–Crippen MR) is 82.2 cm³/mol. The second-order valence-electron chi connectivity index (χ2n) is 5.43. The SMILES string of the molecule is C=CC(C)(CNC1CC1)Cc1ccc(Br)cc1Cl. The summed E-state index contributed by atoms with van der Waals surface area (Å²) >= 11 is 9.72. The lowest BCUT2D eigenvalue weighted by atomic mass is 9.83. The van der Waals surface area contributed by atoms with Crippen LogP contribution in [0.4, 0.5) is 0 Å². The highest BCUT2D eigenvalue weighted by Crippen LogP contribution is 2.30. The van der Waals surface area contributed by atoms with Crippen molar-refractivity contribution in [1.82, 2.24) is 5.32 Å². The van der Waals surface area contributed by atoms with Gasteiger partial charge in [0.1, 0.15) is 0 Å². The lowest BCUT2D eigenvalue weighted by Gasteiger charge is -2.27. The van der Waals surface area contributed by atoms with E-state index in [2.05, 4.69) is 40.8 Å². The summed E-state index contributed by atoms with van der Waals surface area (Å²) in [4.78, 5) is 0. The Morgan fingerprint density at radius 3 is 2.83 bits per heavy atom. The molecule has 18 heavy (non-hydrogen) atoms. The summed E-state index contributed by atoms with van der Waals surface area (Å²) in [5.74, 6) is 0. The number of hydrogen-bond acceptors (Lipinski definition) is 1. The molecule has 0 aromatic heterocycles. The molecule has 1 aliphatic rings. The third-order valence-electron chi connectivity index (χ3n) is 3.47. The van der Waals surface area contributed by atoms with Gasteiger partial charge in [0.15, 0.2) is 0 Å². The predicted octanol–water partition coefficient (Wildman–Crippen LogP) is 4.59. The molecule has 1 atom stereocenters. The van der Waals surface area contributed by atoms with Crippen LogP contribution in [-0.4, -0.2) is 12.6 Å². The van der Waals surface area contributed by atoms with Gasteiger partial charge in [0.25, 0.3) is 0 Å². The molecule has 1 aromatic rings. The molecule has 0 radical (unpaired) electrons. The van der Waals surface area contributed by atoms with Gasteiger partial charge in [0.05, 0.1) is 0 Å². The zero-order valence-electron chi connectivity index (χ0n) is 10.7. The summed E-state index contributed by atoms with van der Waals surface area (Å²) in [5.41, 5.74) is 1.24. The van der Waals surface area contributed by atoms with Crippen molar-refractivity contribution in [2.24, 2.45) is 5.41 Å². The van der Waals surface area contributed by atoms with Crippen molar-refractivity contribution in [2.45, 2.75) is 32.2 Å². The maximum atomic E-state index is 6.28. The Balaban J connectivity index is 2.05. The van der Waals surface area contributed by atoms with Crippen molar-refractivity contribution in [3.63, 3.8) is 0 Å². The van der Waals surface area contributed by atoms with Crippen LogP contribution in [0.25, 0.3) is 0 Å². The van der Waals surface area contributed by atoms with Crippen molar-refractivity contribution in [1.29, 1.82) is 0 Å². The highest BCUT2D eigenvalue weighted by Gasteiger charge is 2.27. The van der Waals surface area contributed by atoms with Crippen molar-refractivity contribution in [3.05, 3.63) is 45.9 Å². The summed E-state index contributed by atoms with van der Waals surface area (Å²) in [7, 11) is 0. The number of hydrogen-bond donors (Lipinski definition) is 1. The van der Waals surface area contributed by atoms with Gasteiger partial charge in [-0.15, -0.1) is 6.58 Å². The minimum atomic E-state index is 0.0556. The topological polar surface area (TPSA) is 12.0 Å². The fourth-order valence-electron chi connectivity index (χ4n) is 1.97. The molecular formula is C15H19BrClN. The van der Waals surface area contributed by atoms with Crippen molar-refractivity contribution < 1.29 is 0 Å². The van der Waals surface area contributed by atoms with E-state index in [4.69, 9.17) is 11.6 Å². The largest absolute Gasteiger partial charge is 0.313 e. The van der Waals surface area contributed by atoms with Gasteiger partial charge in [-0.2, -0.15) is 0 Å². The van der Waals surface area contributed by atoms with Crippen LogP contribution in [0.5, 0.6) is 0 Å². The fraction of sp³-hybridized carbons (Fsp3) is 0.467. The van der Waals surface area contributed by atoms with E-state index < -0.39 is 0 Å². The average Bonchev–Trinajstić information content (AvgIpc) is 3.14. The van der Waals surface area contributed by atoms with Crippen molar-refractivity contribution >= 4 is 27.5 Å². The first-order valence-corrected chi connectivity index (χ1v) is 7.50. The molecule has 0 heterocycles. The normalized spacial score (nSPS) is 18.4. The lowest BCUT2D eigenvalue weighted by Crippen LogP contribution is -2.33. The van der Waals surface area contributed by atoms with E-state index in [0.717, 1.165) is 28.5 Å². The first kappa shape index (κ1) is 14.1. The van der Waals surface area contributed by atoms with Gasteiger partial charge in [-0.05, 0) is 37.0 Å². The first-order valence-electron chi connectivity index (χ1n) is 6.33. The Hall–Kier alpha value is -0.310. The second kappa shape index (κ2) is 5.77. The van der Waals surface area contributed by atoms with E-state index in [1.165, 1.54) is 18.4 Å². The van der Waals surface area contributed by atoms with Crippen LogP contribution in [0.2, 0.25) is 5.02 Å². The third-order valence-corrected chi connectivity index (χ3v) is 4.32. The first-order chi connectivity index (χ1) is 8.52. The van der Waals surface area contributed by atoms with Crippen LogP contribution in [0.15, 0.2) is 35.3 Å². The number of nitrogens with one attached hydrogen (secondary N) is 1. The fourth-order valence-corrected chi connectivity index (χ4v) is 2.71. The highest BCUT2D eigenvalue weighted by molar-refractivity contribution is 9.10. The summed E-state index contributed by atoms with van der Waals surface area (Å²) < 4.78 is 1.02. The number of benzene rings is 1.